The van der Waals surface area contributed by atoms with E-state index in [4.69, 9.17) is 0 Å². The maximum Gasteiger partial charge on any atom is 0.326 e. The topological polar surface area (TPSA) is 88.3 Å². The fourth-order valence-corrected chi connectivity index (χ4v) is 4.30. The lowest BCUT2D eigenvalue weighted by Gasteiger charge is -2.33. The zero-order chi connectivity index (χ0) is 23.8. The summed E-state index contributed by atoms with van der Waals surface area (Å²) >= 11 is 0. The van der Waals surface area contributed by atoms with Gasteiger partial charge in [0.15, 0.2) is 5.82 Å². The van der Waals surface area contributed by atoms with Gasteiger partial charge in [0.2, 0.25) is 5.82 Å². The number of aliphatic carboxylic acids is 1. The van der Waals surface area contributed by atoms with Gasteiger partial charge in [0.1, 0.15) is 6.04 Å². The third-order valence-corrected chi connectivity index (χ3v) is 6.36. The predicted molar refractivity (Wildman–Crippen MR) is 128 cm³/mol. The molecule has 0 spiro atoms. The molecule has 170 valence electrons. The van der Waals surface area contributed by atoms with Gasteiger partial charge in [0.05, 0.1) is 5.69 Å². The molecule has 1 aliphatic rings. The quantitative estimate of drug-likeness (QED) is 0.501. The fourth-order valence-electron chi connectivity index (χ4n) is 4.30. The van der Waals surface area contributed by atoms with E-state index in [1.165, 1.54) is 4.90 Å². The van der Waals surface area contributed by atoms with Crippen molar-refractivity contribution in [2.45, 2.75) is 32.9 Å². The van der Waals surface area contributed by atoms with Crippen LogP contribution in [0.2, 0.25) is 0 Å². The normalized spacial score (nSPS) is 15.1. The Morgan fingerprint density at radius 2 is 1.62 bits per heavy atom. The molecule has 0 unspecified atom stereocenters. The minimum absolute atomic E-state index is 0.0253. The number of amides is 1. The molecule has 0 radical (unpaired) electrons. The number of benzene rings is 3. The summed E-state index contributed by atoms with van der Waals surface area (Å²) in [7, 11) is 0. The van der Waals surface area contributed by atoms with Gasteiger partial charge < -0.3 is 10.0 Å². The van der Waals surface area contributed by atoms with Crippen molar-refractivity contribution in [3.63, 3.8) is 0 Å². The van der Waals surface area contributed by atoms with Crippen molar-refractivity contribution in [1.82, 2.24) is 19.7 Å². The van der Waals surface area contributed by atoms with Gasteiger partial charge in [-0.15, -0.1) is 5.10 Å². The molecule has 1 atom stereocenters. The second kappa shape index (κ2) is 8.59. The van der Waals surface area contributed by atoms with E-state index >= 15 is 0 Å². The standard InChI is InChI=1S/C27H24N4O3/c1-17-12-13-22(14-18(17)2)31-25(19-8-4-3-5-9-19)28-24(29-31)26(32)30-16-21-11-7-6-10-20(21)15-23(30)27(33)34/h3-14,23H,15-16H2,1-2H3,(H,33,34)/t23-/m0/s1. The van der Waals surface area contributed by atoms with Crippen molar-refractivity contribution in [2.24, 2.45) is 0 Å². The number of fused-ring (bicyclic) bond motifs is 1. The summed E-state index contributed by atoms with van der Waals surface area (Å²) in [5.41, 5.74) is 5.72. The van der Waals surface area contributed by atoms with Gasteiger partial charge in [-0.2, -0.15) is 0 Å². The molecular weight excluding hydrogens is 428 g/mol. The van der Waals surface area contributed by atoms with Gasteiger partial charge in [-0.25, -0.2) is 14.5 Å². The van der Waals surface area contributed by atoms with Crippen LogP contribution in [0.4, 0.5) is 0 Å². The molecule has 0 saturated carbocycles. The summed E-state index contributed by atoms with van der Waals surface area (Å²) in [5.74, 6) is -1.04. The Labute approximate surface area is 197 Å². The maximum absolute atomic E-state index is 13.6. The molecule has 4 aromatic rings. The Bertz CT molecular complexity index is 1390. The number of carboxylic acids is 1. The van der Waals surface area contributed by atoms with E-state index in [9.17, 15) is 14.7 Å². The average Bonchev–Trinajstić information content (AvgIpc) is 3.30. The second-order valence-corrected chi connectivity index (χ2v) is 8.57. The van der Waals surface area contributed by atoms with E-state index in [2.05, 4.69) is 10.1 Å². The van der Waals surface area contributed by atoms with E-state index in [-0.39, 0.29) is 18.8 Å². The molecular formula is C27H24N4O3. The maximum atomic E-state index is 13.6. The first-order chi connectivity index (χ1) is 16.4. The van der Waals surface area contributed by atoms with Crippen LogP contribution in [-0.4, -0.2) is 42.7 Å². The molecule has 0 saturated heterocycles. The van der Waals surface area contributed by atoms with Gasteiger partial charge in [0, 0.05) is 18.5 Å². The average molecular weight is 453 g/mol. The highest BCUT2D eigenvalue weighted by atomic mass is 16.4. The Balaban J connectivity index is 1.60. The molecule has 7 nitrogen and oxygen atoms in total. The zero-order valence-corrected chi connectivity index (χ0v) is 19.0. The van der Waals surface area contributed by atoms with Crippen LogP contribution < -0.4 is 0 Å². The van der Waals surface area contributed by atoms with E-state index < -0.39 is 17.9 Å². The van der Waals surface area contributed by atoms with Crippen LogP contribution in [0.25, 0.3) is 17.1 Å². The Hall–Kier alpha value is -4.26. The predicted octanol–water partition coefficient (Wildman–Crippen LogP) is 4.20. The summed E-state index contributed by atoms with van der Waals surface area (Å²) in [4.78, 5) is 31.6. The molecule has 3 aromatic carbocycles. The largest absolute Gasteiger partial charge is 0.480 e. The van der Waals surface area contributed by atoms with Crippen molar-refractivity contribution in [2.75, 3.05) is 0 Å². The van der Waals surface area contributed by atoms with Crippen LogP contribution >= 0.6 is 0 Å². The molecule has 1 N–H and O–H groups in total. The Kier molecular flexibility index (Phi) is 5.45. The highest BCUT2D eigenvalue weighted by molar-refractivity contribution is 5.94. The molecule has 5 rings (SSSR count). The first kappa shape index (κ1) is 21.6. The van der Waals surface area contributed by atoms with Gasteiger partial charge >= 0.3 is 5.97 Å². The van der Waals surface area contributed by atoms with Gasteiger partial charge in [-0.3, -0.25) is 4.79 Å². The summed E-state index contributed by atoms with van der Waals surface area (Å²) in [6.45, 7) is 4.26. The number of nitrogens with zero attached hydrogens (tertiary/aromatic N) is 4. The smallest absolute Gasteiger partial charge is 0.326 e. The number of carboxylic acid groups (broad SMARTS) is 1. The van der Waals surface area contributed by atoms with Crippen molar-refractivity contribution in [1.29, 1.82) is 0 Å². The third kappa shape index (κ3) is 3.85. The molecule has 1 aliphatic heterocycles. The molecule has 1 amide bonds. The summed E-state index contributed by atoms with van der Waals surface area (Å²) in [6.07, 6.45) is 0.251. The molecule has 2 heterocycles. The van der Waals surface area contributed by atoms with E-state index in [0.29, 0.717) is 5.82 Å². The lowest BCUT2D eigenvalue weighted by molar-refractivity contribution is -0.142. The molecule has 0 aliphatic carbocycles. The Morgan fingerprint density at radius 3 is 2.32 bits per heavy atom. The van der Waals surface area contributed by atoms with Crippen molar-refractivity contribution < 1.29 is 14.7 Å². The minimum Gasteiger partial charge on any atom is -0.480 e. The summed E-state index contributed by atoms with van der Waals surface area (Å²) in [6, 6.07) is 22.1. The summed E-state index contributed by atoms with van der Waals surface area (Å²) < 4.78 is 1.66. The van der Waals surface area contributed by atoms with Crippen molar-refractivity contribution in [3.05, 3.63) is 101 Å². The van der Waals surface area contributed by atoms with Crippen LogP contribution in [0, 0.1) is 13.8 Å². The molecule has 1 aromatic heterocycles. The van der Waals surface area contributed by atoms with Crippen LogP contribution in [0.15, 0.2) is 72.8 Å². The number of aryl methyl sites for hydroxylation is 2. The van der Waals surface area contributed by atoms with E-state index in [1.54, 1.807) is 4.68 Å². The monoisotopic (exact) mass is 452 g/mol. The molecule has 0 bridgehead atoms. The van der Waals surface area contributed by atoms with E-state index in [1.807, 2.05) is 86.6 Å². The molecule has 34 heavy (non-hydrogen) atoms. The highest BCUT2D eigenvalue weighted by Crippen LogP contribution is 2.27. The van der Waals surface area contributed by atoms with Crippen LogP contribution in [0.5, 0.6) is 0 Å². The van der Waals surface area contributed by atoms with Crippen LogP contribution in [0.1, 0.15) is 32.9 Å². The van der Waals surface area contributed by atoms with Gasteiger partial charge in [0.25, 0.3) is 5.91 Å². The van der Waals surface area contributed by atoms with E-state index in [0.717, 1.165) is 33.5 Å². The number of aromatic nitrogens is 3. The van der Waals surface area contributed by atoms with Crippen molar-refractivity contribution >= 4 is 11.9 Å². The van der Waals surface area contributed by atoms with Crippen molar-refractivity contribution in [3.8, 4) is 17.1 Å². The third-order valence-electron chi connectivity index (χ3n) is 6.36. The fraction of sp³-hybridized carbons (Fsp3) is 0.185. The number of rotatable bonds is 4. The van der Waals surface area contributed by atoms with Gasteiger partial charge in [-0.1, -0.05) is 60.7 Å². The SMILES string of the molecule is Cc1ccc(-n2nc(C(=O)N3Cc4ccccc4C[C@H]3C(=O)O)nc2-c2ccccc2)cc1C. The first-order valence-corrected chi connectivity index (χ1v) is 11.1. The molecule has 7 heteroatoms. The van der Waals surface area contributed by atoms with Gasteiger partial charge in [-0.05, 0) is 48.2 Å². The number of hydrogen-bond acceptors (Lipinski definition) is 4. The lowest BCUT2D eigenvalue weighted by Crippen LogP contribution is -2.49. The number of hydrogen-bond donors (Lipinski definition) is 1. The Morgan fingerprint density at radius 1 is 0.912 bits per heavy atom. The van der Waals surface area contributed by atoms with Crippen LogP contribution in [-0.2, 0) is 17.8 Å². The minimum atomic E-state index is -1.04. The number of carbonyl (C=O) groups excluding carboxylic acids is 1. The van der Waals surface area contributed by atoms with Crippen LogP contribution in [0.3, 0.4) is 0 Å². The number of carbonyl (C=O) groups is 2. The second-order valence-electron chi connectivity index (χ2n) is 8.57. The summed E-state index contributed by atoms with van der Waals surface area (Å²) in [5, 5.41) is 14.4. The zero-order valence-electron chi connectivity index (χ0n) is 19.0. The molecule has 0 fully saturated rings. The lowest BCUT2D eigenvalue weighted by atomic mass is 9.94. The highest BCUT2D eigenvalue weighted by Gasteiger charge is 2.37. The first-order valence-electron chi connectivity index (χ1n) is 11.1.